The minimum Gasteiger partial charge on any atom is -0.481 e. The zero-order valence-electron chi connectivity index (χ0n) is 8.49. The van der Waals surface area contributed by atoms with Crippen LogP contribution in [0.5, 0.6) is 0 Å². The molecule has 2 aromatic rings. The first kappa shape index (κ1) is 9.77. The largest absolute Gasteiger partial charge is 0.481 e. The molecule has 2 rings (SSSR count). The maximum absolute atomic E-state index is 10.5. The SMILES string of the molecule is Cc1coc2cccc(CCC(=O)O)c12. The molecule has 3 nitrogen and oxygen atoms in total. The third kappa shape index (κ3) is 1.86. The normalized spacial score (nSPS) is 10.7. The molecular formula is C12H12O3. The van der Waals surface area contributed by atoms with Crippen molar-refractivity contribution < 1.29 is 14.3 Å². The second-order valence-corrected chi connectivity index (χ2v) is 3.60. The van der Waals surface area contributed by atoms with Gasteiger partial charge in [0, 0.05) is 11.8 Å². The van der Waals surface area contributed by atoms with Gasteiger partial charge in [-0.1, -0.05) is 12.1 Å². The summed E-state index contributed by atoms with van der Waals surface area (Å²) in [5.74, 6) is -0.770. The molecule has 0 bridgehead atoms. The van der Waals surface area contributed by atoms with Gasteiger partial charge in [-0.3, -0.25) is 4.79 Å². The lowest BCUT2D eigenvalue weighted by Crippen LogP contribution is -1.97. The summed E-state index contributed by atoms with van der Waals surface area (Å²) in [7, 11) is 0. The molecule has 78 valence electrons. The van der Waals surface area contributed by atoms with E-state index >= 15 is 0 Å². The second kappa shape index (κ2) is 3.77. The van der Waals surface area contributed by atoms with Crippen molar-refractivity contribution in [2.45, 2.75) is 19.8 Å². The Labute approximate surface area is 87.3 Å². The van der Waals surface area contributed by atoms with Gasteiger partial charge >= 0.3 is 5.97 Å². The maximum atomic E-state index is 10.5. The highest BCUT2D eigenvalue weighted by Gasteiger charge is 2.08. The van der Waals surface area contributed by atoms with Crippen LogP contribution in [0.3, 0.4) is 0 Å². The van der Waals surface area contributed by atoms with Crippen molar-refractivity contribution in [3.63, 3.8) is 0 Å². The van der Waals surface area contributed by atoms with Crippen LogP contribution in [-0.4, -0.2) is 11.1 Å². The summed E-state index contributed by atoms with van der Waals surface area (Å²) < 4.78 is 5.35. The molecular weight excluding hydrogens is 192 g/mol. The number of furan rings is 1. The molecule has 0 saturated carbocycles. The Balaban J connectivity index is 2.41. The number of carbonyl (C=O) groups is 1. The number of rotatable bonds is 3. The van der Waals surface area contributed by atoms with E-state index in [1.165, 1.54) is 0 Å². The quantitative estimate of drug-likeness (QED) is 0.836. The fraction of sp³-hybridized carbons (Fsp3) is 0.250. The second-order valence-electron chi connectivity index (χ2n) is 3.60. The lowest BCUT2D eigenvalue weighted by molar-refractivity contribution is -0.136. The molecule has 0 aliphatic rings. The van der Waals surface area contributed by atoms with E-state index in [1.54, 1.807) is 6.26 Å². The van der Waals surface area contributed by atoms with E-state index in [2.05, 4.69) is 0 Å². The third-order valence-electron chi connectivity index (χ3n) is 2.48. The van der Waals surface area contributed by atoms with Gasteiger partial charge in [0.15, 0.2) is 0 Å². The molecule has 0 radical (unpaired) electrons. The number of hydrogen-bond acceptors (Lipinski definition) is 2. The number of carboxylic acid groups (broad SMARTS) is 1. The monoisotopic (exact) mass is 204 g/mol. The van der Waals surface area contributed by atoms with E-state index in [0.717, 1.165) is 22.1 Å². The summed E-state index contributed by atoms with van der Waals surface area (Å²) in [5, 5.41) is 9.70. The molecule has 15 heavy (non-hydrogen) atoms. The van der Waals surface area contributed by atoms with Crippen molar-refractivity contribution in [1.82, 2.24) is 0 Å². The van der Waals surface area contributed by atoms with E-state index in [0.29, 0.717) is 6.42 Å². The van der Waals surface area contributed by atoms with E-state index in [9.17, 15) is 4.79 Å². The van der Waals surface area contributed by atoms with Gasteiger partial charge in [-0.25, -0.2) is 0 Å². The average Bonchev–Trinajstić information content (AvgIpc) is 2.58. The smallest absolute Gasteiger partial charge is 0.303 e. The molecule has 3 heteroatoms. The Morgan fingerprint density at radius 2 is 2.27 bits per heavy atom. The molecule has 0 unspecified atom stereocenters. The van der Waals surface area contributed by atoms with E-state index < -0.39 is 5.97 Å². The van der Waals surface area contributed by atoms with Gasteiger partial charge in [0.25, 0.3) is 0 Å². The van der Waals surface area contributed by atoms with Crippen LogP contribution < -0.4 is 0 Å². The zero-order chi connectivity index (χ0) is 10.8. The minimum absolute atomic E-state index is 0.156. The van der Waals surface area contributed by atoms with E-state index in [1.807, 2.05) is 25.1 Å². The molecule has 0 amide bonds. The Kier molecular flexibility index (Phi) is 2.46. The van der Waals surface area contributed by atoms with Crippen molar-refractivity contribution >= 4 is 16.9 Å². The van der Waals surface area contributed by atoms with Crippen LogP contribution in [0.25, 0.3) is 11.0 Å². The summed E-state index contributed by atoms with van der Waals surface area (Å²) in [6.45, 7) is 1.97. The Morgan fingerprint density at radius 3 is 3.00 bits per heavy atom. The van der Waals surface area contributed by atoms with Crippen LogP contribution in [0, 0.1) is 6.92 Å². The van der Waals surface area contributed by atoms with Gasteiger partial charge in [-0.2, -0.15) is 0 Å². The predicted molar refractivity (Wildman–Crippen MR) is 56.9 cm³/mol. The summed E-state index contributed by atoms with van der Waals surface area (Å²) in [5.41, 5.74) is 2.93. The number of aryl methyl sites for hydroxylation is 2. The van der Waals surface area contributed by atoms with Crippen molar-refractivity contribution in [2.75, 3.05) is 0 Å². The first-order chi connectivity index (χ1) is 7.18. The van der Waals surface area contributed by atoms with Gasteiger partial charge < -0.3 is 9.52 Å². The standard InChI is InChI=1S/C12H12O3/c1-8-7-15-10-4-2-3-9(12(8)10)5-6-11(13)14/h2-4,7H,5-6H2,1H3,(H,13,14). The van der Waals surface area contributed by atoms with E-state index in [-0.39, 0.29) is 6.42 Å². The van der Waals surface area contributed by atoms with Crippen LogP contribution in [-0.2, 0) is 11.2 Å². The highest BCUT2D eigenvalue weighted by Crippen LogP contribution is 2.25. The fourth-order valence-corrected chi connectivity index (χ4v) is 1.78. The molecule has 1 N–H and O–H groups in total. The highest BCUT2D eigenvalue weighted by atomic mass is 16.4. The number of fused-ring (bicyclic) bond motifs is 1. The van der Waals surface area contributed by atoms with Gasteiger partial charge in [-0.05, 0) is 30.5 Å². The summed E-state index contributed by atoms with van der Waals surface area (Å²) in [6.07, 6.45) is 2.41. The summed E-state index contributed by atoms with van der Waals surface area (Å²) in [6, 6.07) is 5.74. The average molecular weight is 204 g/mol. The Morgan fingerprint density at radius 1 is 1.47 bits per heavy atom. The van der Waals surface area contributed by atoms with Crippen molar-refractivity contribution in [3.8, 4) is 0 Å². The van der Waals surface area contributed by atoms with Gasteiger partial charge in [0.05, 0.1) is 6.26 Å². The Bertz CT molecular complexity index is 497. The summed E-state index contributed by atoms with van der Waals surface area (Å²) in [4.78, 5) is 10.5. The molecule has 1 aromatic heterocycles. The van der Waals surface area contributed by atoms with Crippen molar-refractivity contribution in [2.24, 2.45) is 0 Å². The zero-order valence-corrected chi connectivity index (χ0v) is 8.49. The number of hydrogen-bond donors (Lipinski definition) is 1. The topological polar surface area (TPSA) is 50.4 Å². The van der Waals surface area contributed by atoms with Crippen LogP contribution in [0.4, 0.5) is 0 Å². The number of benzene rings is 1. The molecule has 0 atom stereocenters. The molecule has 0 aliphatic carbocycles. The molecule has 0 fully saturated rings. The lowest BCUT2D eigenvalue weighted by atomic mass is 10.0. The number of carboxylic acids is 1. The van der Waals surface area contributed by atoms with Crippen molar-refractivity contribution in [1.29, 1.82) is 0 Å². The molecule has 0 saturated heterocycles. The van der Waals surface area contributed by atoms with Crippen LogP contribution in [0.2, 0.25) is 0 Å². The maximum Gasteiger partial charge on any atom is 0.303 e. The fourth-order valence-electron chi connectivity index (χ4n) is 1.78. The first-order valence-electron chi connectivity index (χ1n) is 4.86. The van der Waals surface area contributed by atoms with E-state index in [4.69, 9.17) is 9.52 Å². The van der Waals surface area contributed by atoms with Gasteiger partial charge in [-0.15, -0.1) is 0 Å². The van der Waals surface area contributed by atoms with Crippen LogP contribution in [0.15, 0.2) is 28.9 Å². The van der Waals surface area contributed by atoms with Gasteiger partial charge in [0.2, 0.25) is 0 Å². The number of aliphatic carboxylic acids is 1. The van der Waals surface area contributed by atoms with Crippen LogP contribution >= 0.6 is 0 Å². The first-order valence-corrected chi connectivity index (χ1v) is 4.86. The van der Waals surface area contributed by atoms with Crippen LogP contribution in [0.1, 0.15) is 17.5 Å². The van der Waals surface area contributed by atoms with Crippen molar-refractivity contribution in [3.05, 3.63) is 35.6 Å². The summed E-state index contributed by atoms with van der Waals surface area (Å²) >= 11 is 0. The molecule has 1 heterocycles. The van der Waals surface area contributed by atoms with Gasteiger partial charge in [0.1, 0.15) is 5.58 Å². The highest BCUT2D eigenvalue weighted by molar-refractivity contribution is 5.84. The molecule has 0 spiro atoms. The predicted octanol–water partition coefficient (Wildman–Crippen LogP) is 2.76. The molecule has 1 aromatic carbocycles. The third-order valence-corrected chi connectivity index (χ3v) is 2.48. The lowest BCUT2D eigenvalue weighted by Gasteiger charge is -2.01. The Hall–Kier alpha value is -1.77. The minimum atomic E-state index is -0.770. The molecule has 0 aliphatic heterocycles.